The molecule has 0 aromatic heterocycles. The van der Waals surface area contributed by atoms with Crippen LogP contribution in [-0.4, -0.2) is 41.2 Å². The second-order valence-electron chi connectivity index (χ2n) is 4.13. The van der Waals surface area contributed by atoms with E-state index in [-0.39, 0.29) is 18.0 Å². The van der Waals surface area contributed by atoms with Crippen LogP contribution >= 0.6 is 11.8 Å². The van der Waals surface area contributed by atoms with Gasteiger partial charge in [-0.05, 0) is 31.9 Å². The maximum atomic E-state index is 11.5. The molecule has 0 aromatic carbocycles. The lowest BCUT2D eigenvalue weighted by Crippen LogP contribution is -2.49. The number of hydrogen-bond donors (Lipinski definition) is 3. The van der Waals surface area contributed by atoms with Gasteiger partial charge in [-0.1, -0.05) is 0 Å². The number of amides is 2. The summed E-state index contributed by atoms with van der Waals surface area (Å²) in [6, 6.07) is -1.08. The summed E-state index contributed by atoms with van der Waals surface area (Å²) in [6.45, 7) is 1.89. The van der Waals surface area contributed by atoms with Crippen molar-refractivity contribution in [3.05, 3.63) is 0 Å². The third kappa shape index (κ3) is 4.30. The quantitative estimate of drug-likeness (QED) is 0.650. The molecule has 0 aromatic rings. The lowest BCUT2D eigenvalue weighted by Gasteiger charge is -2.17. The molecule has 0 bridgehead atoms. The van der Waals surface area contributed by atoms with E-state index in [4.69, 9.17) is 5.11 Å². The standard InChI is InChI=1S/C10H18N2O3S/c1-6(5-16-2)11-10(15)12-8(9(13)14)7-3-4-7/h6-8H,3-5H2,1-2H3,(H,13,14)(H2,11,12,15). The Bertz CT molecular complexity index is 269. The van der Waals surface area contributed by atoms with Gasteiger partial charge in [-0.2, -0.15) is 11.8 Å². The number of aliphatic carboxylic acids is 1. The lowest BCUT2D eigenvalue weighted by molar-refractivity contribution is -0.139. The van der Waals surface area contributed by atoms with Crippen LogP contribution in [0.1, 0.15) is 19.8 Å². The van der Waals surface area contributed by atoms with Crippen molar-refractivity contribution in [2.24, 2.45) is 5.92 Å². The Morgan fingerprint density at radius 1 is 1.44 bits per heavy atom. The number of hydrogen-bond acceptors (Lipinski definition) is 3. The maximum Gasteiger partial charge on any atom is 0.326 e. The zero-order valence-corrected chi connectivity index (χ0v) is 10.3. The van der Waals surface area contributed by atoms with Crippen LogP contribution in [0.2, 0.25) is 0 Å². The molecule has 0 saturated heterocycles. The Morgan fingerprint density at radius 2 is 2.06 bits per heavy atom. The first-order chi connectivity index (χ1) is 7.54. The molecule has 1 saturated carbocycles. The number of rotatable bonds is 6. The van der Waals surface area contributed by atoms with Crippen LogP contribution in [0.4, 0.5) is 4.79 Å². The van der Waals surface area contributed by atoms with Crippen LogP contribution in [0.25, 0.3) is 0 Å². The van der Waals surface area contributed by atoms with E-state index in [0.29, 0.717) is 0 Å². The highest BCUT2D eigenvalue weighted by atomic mass is 32.2. The minimum absolute atomic E-state index is 0.0450. The van der Waals surface area contributed by atoms with E-state index in [1.165, 1.54) is 0 Å². The van der Waals surface area contributed by atoms with Crippen LogP contribution < -0.4 is 10.6 Å². The average Bonchev–Trinajstić information content (AvgIpc) is 2.97. The third-order valence-electron chi connectivity index (χ3n) is 2.44. The van der Waals surface area contributed by atoms with Gasteiger partial charge in [-0.25, -0.2) is 9.59 Å². The summed E-state index contributed by atoms with van der Waals surface area (Å²) in [5, 5.41) is 14.1. The Hall–Kier alpha value is -0.910. The van der Waals surface area contributed by atoms with Gasteiger partial charge in [-0.3, -0.25) is 0 Å². The SMILES string of the molecule is CSCC(C)NC(=O)NC(C(=O)O)C1CC1. The highest BCUT2D eigenvalue weighted by molar-refractivity contribution is 7.98. The Kier molecular flexibility index (Phi) is 4.92. The van der Waals surface area contributed by atoms with E-state index in [1.807, 2.05) is 13.2 Å². The minimum Gasteiger partial charge on any atom is -0.480 e. The zero-order chi connectivity index (χ0) is 12.1. The average molecular weight is 246 g/mol. The fraction of sp³-hybridized carbons (Fsp3) is 0.800. The van der Waals surface area contributed by atoms with Crippen LogP contribution in [-0.2, 0) is 4.79 Å². The first kappa shape index (κ1) is 13.2. The molecule has 0 aliphatic heterocycles. The first-order valence-corrected chi connectivity index (χ1v) is 6.72. The van der Waals surface area contributed by atoms with Gasteiger partial charge in [0.15, 0.2) is 0 Å². The number of urea groups is 1. The van der Waals surface area contributed by atoms with Crippen LogP contribution in [0.3, 0.4) is 0 Å². The van der Waals surface area contributed by atoms with E-state index in [1.54, 1.807) is 11.8 Å². The largest absolute Gasteiger partial charge is 0.480 e. The number of nitrogens with one attached hydrogen (secondary N) is 2. The molecule has 3 N–H and O–H groups in total. The van der Waals surface area contributed by atoms with Gasteiger partial charge in [-0.15, -0.1) is 0 Å². The first-order valence-electron chi connectivity index (χ1n) is 5.33. The van der Waals surface area contributed by atoms with E-state index >= 15 is 0 Å². The second-order valence-corrected chi connectivity index (χ2v) is 5.04. The Balaban J connectivity index is 2.33. The minimum atomic E-state index is -0.949. The molecular formula is C10H18N2O3S. The highest BCUT2D eigenvalue weighted by Crippen LogP contribution is 2.32. The van der Waals surface area contributed by atoms with Gasteiger partial charge in [0.1, 0.15) is 6.04 Å². The van der Waals surface area contributed by atoms with Crippen LogP contribution in [0, 0.1) is 5.92 Å². The van der Waals surface area contributed by atoms with Crippen molar-refractivity contribution in [2.75, 3.05) is 12.0 Å². The molecule has 0 radical (unpaired) electrons. The van der Waals surface area contributed by atoms with Gasteiger partial charge in [0.2, 0.25) is 0 Å². The van der Waals surface area contributed by atoms with E-state index in [2.05, 4.69) is 10.6 Å². The summed E-state index contributed by atoms with van der Waals surface area (Å²) in [4.78, 5) is 22.4. The number of thioether (sulfide) groups is 1. The zero-order valence-electron chi connectivity index (χ0n) is 9.53. The smallest absolute Gasteiger partial charge is 0.326 e. The van der Waals surface area contributed by atoms with Gasteiger partial charge in [0, 0.05) is 11.8 Å². The van der Waals surface area contributed by atoms with Crippen molar-refractivity contribution in [2.45, 2.75) is 31.8 Å². The molecule has 6 heteroatoms. The number of carboxylic acid groups (broad SMARTS) is 1. The molecule has 1 aliphatic carbocycles. The molecule has 5 nitrogen and oxygen atoms in total. The summed E-state index contributed by atoms with van der Waals surface area (Å²) in [7, 11) is 0. The predicted molar refractivity (Wildman–Crippen MR) is 63.7 cm³/mol. The molecule has 2 unspecified atom stereocenters. The summed E-state index contributed by atoms with van der Waals surface area (Å²) in [5.41, 5.74) is 0. The molecule has 1 aliphatic rings. The van der Waals surface area contributed by atoms with Crippen molar-refractivity contribution in [1.29, 1.82) is 0 Å². The van der Waals surface area contributed by atoms with Crippen molar-refractivity contribution < 1.29 is 14.7 Å². The van der Waals surface area contributed by atoms with E-state index in [0.717, 1.165) is 18.6 Å². The third-order valence-corrected chi connectivity index (χ3v) is 3.27. The van der Waals surface area contributed by atoms with Crippen molar-refractivity contribution in [3.8, 4) is 0 Å². The monoisotopic (exact) mass is 246 g/mol. The fourth-order valence-electron chi connectivity index (χ4n) is 1.51. The molecule has 1 rings (SSSR count). The maximum absolute atomic E-state index is 11.5. The second kappa shape index (κ2) is 5.98. The molecule has 16 heavy (non-hydrogen) atoms. The van der Waals surface area contributed by atoms with Gasteiger partial charge >= 0.3 is 12.0 Å². The summed E-state index contributed by atoms with van der Waals surface area (Å²) in [6.07, 6.45) is 3.73. The van der Waals surface area contributed by atoms with Gasteiger partial charge in [0.25, 0.3) is 0 Å². The van der Waals surface area contributed by atoms with Crippen molar-refractivity contribution >= 4 is 23.8 Å². The lowest BCUT2D eigenvalue weighted by atomic mass is 10.2. The summed E-state index contributed by atoms with van der Waals surface area (Å²) < 4.78 is 0. The summed E-state index contributed by atoms with van der Waals surface area (Å²) in [5.74, 6) is -0.0246. The normalized spacial score (nSPS) is 18.6. The van der Waals surface area contributed by atoms with E-state index in [9.17, 15) is 9.59 Å². The molecule has 2 amide bonds. The molecule has 2 atom stereocenters. The number of carbonyl (C=O) groups excluding carboxylic acids is 1. The van der Waals surface area contributed by atoms with Gasteiger partial charge in [0.05, 0.1) is 0 Å². The van der Waals surface area contributed by atoms with Crippen molar-refractivity contribution in [3.63, 3.8) is 0 Å². The molecule has 0 spiro atoms. The molecule has 0 heterocycles. The number of carbonyl (C=O) groups is 2. The Labute approximate surface area is 99.4 Å². The topological polar surface area (TPSA) is 78.4 Å². The van der Waals surface area contributed by atoms with Crippen LogP contribution in [0.5, 0.6) is 0 Å². The highest BCUT2D eigenvalue weighted by Gasteiger charge is 2.37. The predicted octanol–water partition coefficient (Wildman–Crippen LogP) is 0.900. The molecular weight excluding hydrogens is 228 g/mol. The Morgan fingerprint density at radius 3 is 2.50 bits per heavy atom. The fourth-order valence-corrected chi connectivity index (χ4v) is 2.09. The summed E-state index contributed by atoms with van der Waals surface area (Å²) >= 11 is 1.64. The molecule has 92 valence electrons. The molecule has 1 fully saturated rings. The van der Waals surface area contributed by atoms with Crippen LogP contribution in [0.15, 0.2) is 0 Å². The van der Waals surface area contributed by atoms with E-state index < -0.39 is 12.0 Å². The van der Waals surface area contributed by atoms with Crippen molar-refractivity contribution in [1.82, 2.24) is 10.6 Å². The van der Waals surface area contributed by atoms with Gasteiger partial charge < -0.3 is 15.7 Å². The number of carboxylic acids is 1.